The summed E-state index contributed by atoms with van der Waals surface area (Å²) in [5.74, 6) is 0. The molecule has 0 fully saturated rings. The molecular formula is CHBN4. The molecule has 0 atom stereocenters. The van der Waals surface area contributed by atoms with Crippen molar-refractivity contribution in [2.45, 2.75) is 0 Å². The van der Waals surface area contributed by atoms with Crippen LogP contribution in [0.1, 0.15) is 0 Å². The van der Waals surface area contributed by atoms with Gasteiger partial charge in [-0.15, -0.1) is 0 Å². The van der Waals surface area contributed by atoms with E-state index in [-0.39, 0.29) is 0 Å². The zero-order valence-corrected chi connectivity index (χ0v) is 2.94. The quantitative estimate of drug-likeness (QED) is 0.384. The molecule has 28 valence electrons. The van der Waals surface area contributed by atoms with Crippen molar-refractivity contribution in [3.05, 3.63) is 6.33 Å². The minimum atomic E-state index is 1.28. The van der Waals surface area contributed by atoms with Crippen molar-refractivity contribution in [1.29, 1.82) is 0 Å². The summed E-state index contributed by atoms with van der Waals surface area (Å²) in [5, 5.41) is 13.4. The third kappa shape index (κ3) is 0.542. The number of rotatable bonds is 0. The molecule has 4 nitrogen and oxygen atoms in total. The van der Waals surface area contributed by atoms with Gasteiger partial charge in [-0.05, 0) is 0 Å². The topological polar surface area (TPSA) is 51.6 Å². The summed E-state index contributed by atoms with van der Waals surface area (Å²) in [6, 6.07) is 0. The first-order chi connectivity index (χ1) is 3.00. The molecule has 0 spiro atoms. The minimum absolute atomic E-state index is 1.28. The van der Waals surface area contributed by atoms with E-state index in [9.17, 15) is 0 Å². The van der Waals surface area contributed by atoms with Gasteiger partial charge in [-0.3, -0.25) is 0 Å². The zero-order valence-electron chi connectivity index (χ0n) is 2.94. The van der Waals surface area contributed by atoms with Crippen LogP contribution in [0.2, 0.25) is 0 Å². The summed E-state index contributed by atoms with van der Waals surface area (Å²) >= 11 is 0. The fraction of sp³-hybridized carbons (Fsp3) is 0. The van der Waals surface area contributed by atoms with Crippen LogP contribution >= 0.6 is 0 Å². The molecule has 0 saturated carbocycles. The van der Waals surface area contributed by atoms with Gasteiger partial charge in [0.25, 0.3) is 0 Å². The molecule has 0 aliphatic heterocycles. The molecule has 0 bridgehead atoms. The Morgan fingerprint density at radius 3 is 2.00 bits per heavy atom. The van der Waals surface area contributed by atoms with Crippen LogP contribution in [-0.4, -0.2) is 27.4 Å². The van der Waals surface area contributed by atoms with Crippen LogP contribution in [0, 0.1) is 0 Å². The SMILES string of the molecule is b1nncnn1. The standard InChI is InChI=1S/CHBN4/c1-3-5-2-6-4-1/h1H. The molecule has 0 aromatic carbocycles. The molecule has 0 unspecified atom stereocenters. The van der Waals surface area contributed by atoms with Crippen LogP contribution < -0.4 is 0 Å². The van der Waals surface area contributed by atoms with Gasteiger partial charge in [0.15, 0.2) is 0 Å². The van der Waals surface area contributed by atoms with Crippen LogP contribution in [0.5, 0.6) is 0 Å². The maximum absolute atomic E-state index is 3.36. The molecule has 6 heavy (non-hydrogen) atoms. The Kier molecular flexibility index (Phi) is 0.855. The monoisotopic (exact) mass is 80.0 g/mol. The van der Waals surface area contributed by atoms with Gasteiger partial charge in [0.2, 0.25) is 0 Å². The summed E-state index contributed by atoms with van der Waals surface area (Å²) in [7, 11) is 1.28. The summed E-state index contributed by atoms with van der Waals surface area (Å²) in [5.41, 5.74) is 0. The molecule has 1 aromatic heterocycles. The summed E-state index contributed by atoms with van der Waals surface area (Å²) in [4.78, 5) is 0. The van der Waals surface area contributed by atoms with Crippen molar-refractivity contribution >= 4 is 7.19 Å². The van der Waals surface area contributed by atoms with Crippen molar-refractivity contribution in [1.82, 2.24) is 20.2 Å². The summed E-state index contributed by atoms with van der Waals surface area (Å²) < 4.78 is 0. The van der Waals surface area contributed by atoms with E-state index < -0.39 is 0 Å². The number of aromatic nitrogens is 4. The third-order valence-corrected chi connectivity index (χ3v) is 0.340. The molecular weight excluding hydrogens is 78.9 g/mol. The van der Waals surface area contributed by atoms with E-state index in [1.165, 1.54) is 13.5 Å². The number of hydrogen-bond donors (Lipinski definition) is 0. The summed E-state index contributed by atoms with van der Waals surface area (Å²) in [6.07, 6.45) is 1.28. The fourth-order valence-electron chi connectivity index (χ4n) is 0.165. The van der Waals surface area contributed by atoms with Crippen LogP contribution in [0.15, 0.2) is 6.33 Å². The van der Waals surface area contributed by atoms with E-state index in [2.05, 4.69) is 20.2 Å². The molecule has 0 radical (unpaired) electrons. The molecule has 0 saturated heterocycles. The molecule has 0 aliphatic carbocycles. The van der Waals surface area contributed by atoms with Crippen molar-refractivity contribution in [2.24, 2.45) is 0 Å². The predicted octanol–water partition coefficient (Wildman–Crippen LogP) is -1.40. The zero-order chi connectivity index (χ0) is 4.24. The first-order valence-corrected chi connectivity index (χ1v) is 1.43. The third-order valence-electron chi connectivity index (χ3n) is 0.340. The normalized spacial score (nSPS) is 7.33. The Morgan fingerprint density at radius 1 is 1.17 bits per heavy atom. The van der Waals surface area contributed by atoms with E-state index in [1.807, 2.05) is 0 Å². The average Bonchev–Trinajstić information content (AvgIpc) is 1.72. The second-order valence-electron chi connectivity index (χ2n) is 0.693. The van der Waals surface area contributed by atoms with Crippen molar-refractivity contribution in [3.8, 4) is 0 Å². The van der Waals surface area contributed by atoms with E-state index in [0.717, 1.165) is 0 Å². The van der Waals surface area contributed by atoms with Gasteiger partial charge in [-0.25, -0.2) is 0 Å². The van der Waals surface area contributed by atoms with Gasteiger partial charge in [0.1, 0.15) is 0 Å². The van der Waals surface area contributed by atoms with E-state index >= 15 is 0 Å². The first kappa shape index (κ1) is 3.33. The number of nitrogens with zero attached hydrogens (tertiary/aromatic N) is 4. The van der Waals surface area contributed by atoms with Crippen LogP contribution in [0.3, 0.4) is 0 Å². The average molecular weight is 79.9 g/mol. The molecule has 1 rings (SSSR count). The Labute approximate surface area is 34.9 Å². The molecule has 1 heterocycles. The molecule has 1 aromatic rings. The van der Waals surface area contributed by atoms with Gasteiger partial charge in [-0.2, -0.15) is 0 Å². The van der Waals surface area contributed by atoms with Crippen molar-refractivity contribution in [2.75, 3.05) is 0 Å². The molecule has 0 aliphatic rings. The predicted molar refractivity (Wildman–Crippen MR) is 19.0 cm³/mol. The Bertz CT molecular complexity index is 79.5. The van der Waals surface area contributed by atoms with Crippen LogP contribution in [-0.2, 0) is 0 Å². The van der Waals surface area contributed by atoms with Gasteiger partial charge in [0, 0.05) is 0 Å². The second-order valence-corrected chi connectivity index (χ2v) is 0.693. The molecule has 0 N–H and O–H groups in total. The Hall–Kier alpha value is -0.865. The van der Waals surface area contributed by atoms with Crippen LogP contribution in [0.4, 0.5) is 0 Å². The van der Waals surface area contributed by atoms with Crippen molar-refractivity contribution < 1.29 is 0 Å². The Morgan fingerprint density at radius 2 is 1.83 bits per heavy atom. The van der Waals surface area contributed by atoms with Gasteiger partial charge in [0.05, 0.1) is 0 Å². The maximum atomic E-state index is 3.36. The summed E-state index contributed by atoms with van der Waals surface area (Å²) in [6.45, 7) is 0. The fourth-order valence-corrected chi connectivity index (χ4v) is 0.165. The van der Waals surface area contributed by atoms with Gasteiger partial charge < -0.3 is 0 Å². The Balaban J connectivity index is 3.00. The molecule has 5 heteroatoms. The van der Waals surface area contributed by atoms with E-state index in [1.54, 1.807) is 0 Å². The first-order valence-electron chi connectivity index (χ1n) is 1.43. The van der Waals surface area contributed by atoms with Gasteiger partial charge >= 0.3 is 33.7 Å². The van der Waals surface area contributed by atoms with E-state index in [0.29, 0.717) is 0 Å². The van der Waals surface area contributed by atoms with Crippen LogP contribution in [0.25, 0.3) is 0 Å². The van der Waals surface area contributed by atoms with Crippen molar-refractivity contribution in [3.63, 3.8) is 0 Å². The van der Waals surface area contributed by atoms with Gasteiger partial charge in [-0.1, -0.05) is 0 Å². The van der Waals surface area contributed by atoms with E-state index in [4.69, 9.17) is 0 Å². The second kappa shape index (κ2) is 1.54. The molecule has 0 amide bonds. The number of hydrogen-bond acceptors (Lipinski definition) is 4.